The number of aromatic amines is 1. The molecule has 0 atom stereocenters. The van der Waals surface area contributed by atoms with Crippen molar-refractivity contribution in [2.75, 3.05) is 7.11 Å². The first-order valence-corrected chi connectivity index (χ1v) is 6.63. The largest absolute Gasteiger partial charge is 0.497 e. The van der Waals surface area contributed by atoms with E-state index in [1.54, 1.807) is 13.3 Å². The third-order valence-corrected chi connectivity index (χ3v) is 3.51. The van der Waals surface area contributed by atoms with Gasteiger partial charge >= 0.3 is 5.97 Å². The molecule has 0 aliphatic rings. The minimum Gasteiger partial charge on any atom is -0.497 e. The molecule has 1 aromatic heterocycles. The van der Waals surface area contributed by atoms with Gasteiger partial charge < -0.3 is 14.8 Å². The zero-order valence-corrected chi connectivity index (χ0v) is 11.6. The van der Waals surface area contributed by atoms with Crippen LogP contribution in [0.3, 0.4) is 0 Å². The van der Waals surface area contributed by atoms with Gasteiger partial charge in [-0.15, -0.1) is 0 Å². The molecule has 0 fully saturated rings. The molecule has 0 spiro atoms. The van der Waals surface area contributed by atoms with Crippen LogP contribution < -0.4 is 4.74 Å². The molecule has 2 aromatic carbocycles. The highest BCUT2D eigenvalue weighted by Gasteiger charge is 2.09. The summed E-state index contributed by atoms with van der Waals surface area (Å²) in [6.07, 6.45) is 1.77. The molecular formula is C17H15NO3. The van der Waals surface area contributed by atoms with Gasteiger partial charge in [-0.3, -0.25) is 4.79 Å². The number of carboxylic acid groups (broad SMARTS) is 1. The molecule has 0 radical (unpaired) electrons. The zero-order chi connectivity index (χ0) is 14.8. The van der Waals surface area contributed by atoms with E-state index in [1.807, 2.05) is 42.5 Å². The number of H-pyrrole nitrogens is 1. The van der Waals surface area contributed by atoms with Crippen LogP contribution in [0.2, 0.25) is 0 Å². The maximum atomic E-state index is 10.9. The molecule has 0 saturated heterocycles. The number of rotatable bonds is 4. The highest BCUT2D eigenvalue weighted by Crippen LogP contribution is 2.28. The average molecular weight is 281 g/mol. The predicted molar refractivity (Wildman–Crippen MR) is 81.6 cm³/mol. The molecule has 0 aliphatic carbocycles. The number of fused-ring (bicyclic) bond motifs is 1. The van der Waals surface area contributed by atoms with Crippen LogP contribution in [-0.4, -0.2) is 23.2 Å². The van der Waals surface area contributed by atoms with E-state index in [2.05, 4.69) is 4.98 Å². The molecule has 3 rings (SSSR count). The monoisotopic (exact) mass is 281 g/mol. The summed E-state index contributed by atoms with van der Waals surface area (Å²) in [7, 11) is 1.64. The lowest BCUT2D eigenvalue weighted by Crippen LogP contribution is -1.98. The lowest BCUT2D eigenvalue weighted by atomic mass is 10.0. The number of hydrogen-bond donors (Lipinski definition) is 2. The molecule has 0 amide bonds. The summed E-state index contributed by atoms with van der Waals surface area (Å²) >= 11 is 0. The minimum atomic E-state index is -0.831. The molecule has 0 saturated carbocycles. The van der Waals surface area contributed by atoms with Crippen LogP contribution >= 0.6 is 0 Å². The number of carboxylic acids is 1. The van der Waals surface area contributed by atoms with Gasteiger partial charge in [0.1, 0.15) is 5.75 Å². The van der Waals surface area contributed by atoms with Crippen molar-refractivity contribution in [3.8, 4) is 16.9 Å². The Morgan fingerprint density at radius 3 is 2.76 bits per heavy atom. The van der Waals surface area contributed by atoms with Crippen molar-refractivity contribution < 1.29 is 14.6 Å². The SMILES string of the molecule is COc1cccc(-c2ccc3[nH]cc(CC(=O)O)c3c2)c1. The van der Waals surface area contributed by atoms with Crippen LogP contribution in [0, 0.1) is 0 Å². The lowest BCUT2D eigenvalue weighted by molar-refractivity contribution is -0.136. The number of aromatic nitrogens is 1. The Morgan fingerprint density at radius 2 is 2.00 bits per heavy atom. The van der Waals surface area contributed by atoms with Crippen LogP contribution in [0.1, 0.15) is 5.56 Å². The number of ether oxygens (including phenoxy) is 1. The van der Waals surface area contributed by atoms with Gasteiger partial charge in [0, 0.05) is 17.1 Å². The van der Waals surface area contributed by atoms with E-state index in [0.717, 1.165) is 33.3 Å². The van der Waals surface area contributed by atoms with Gasteiger partial charge in [0.25, 0.3) is 0 Å². The molecule has 3 aromatic rings. The quantitative estimate of drug-likeness (QED) is 0.769. The molecule has 106 valence electrons. The fourth-order valence-corrected chi connectivity index (χ4v) is 2.47. The van der Waals surface area contributed by atoms with Crippen molar-refractivity contribution in [2.24, 2.45) is 0 Å². The fourth-order valence-electron chi connectivity index (χ4n) is 2.47. The van der Waals surface area contributed by atoms with Crippen LogP contribution in [0.25, 0.3) is 22.0 Å². The van der Waals surface area contributed by atoms with Crippen LogP contribution in [0.5, 0.6) is 5.75 Å². The van der Waals surface area contributed by atoms with Gasteiger partial charge in [-0.05, 0) is 41.0 Å². The van der Waals surface area contributed by atoms with E-state index in [0.29, 0.717) is 0 Å². The van der Waals surface area contributed by atoms with Crippen molar-refractivity contribution in [3.05, 3.63) is 54.2 Å². The van der Waals surface area contributed by atoms with Crippen LogP contribution in [0.4, 0.5) is 0 Å². The van der Waals surface area contributed by atoms with Gasteiger partial charge in [-0.1, -0.05) is 18.2 Å². The predicted octanol–water partition coefficient (Wildman–Crippen LogP) is 3.47. The summed E-state index contributed by atoms with van der Waals surface area (Å²) < 4.78 is 5.24. The summed E-state index contributed by atoms with van der Waals surface area (Å²) in [5.41, 5.74) is 3.81. The van der Waals surface area contributed by atoms with Crippen molar-refractivity contribution in [2.45, 2.75) is 6.42 Å². The zero-order valence-electron chi connectivity index (χ0n) is 11.6. The van der Waals surface area contributed by atoms with Crippen LogP contribution in [0.15, 0.2) is 48.7 Å². The Kier molecular flexibility index (Phi) is 3.36. The van der Waals surface area contributed by atoms with E-state index >= 15 is 0 Å². The summed E-state index contributed by atoms with van der Waals surface area (Å²) in [4.78, 5) is 14.0. The molecule has 2 N–H and O–H groups in total. The number of methoxy groups -OCH3 is 1. The topological polar surface area (TPSA) is 62.3 Å². The smallest absolute Gasteiger partial charge is 0.307 e. The summed E-state index contributed by atoms with van der Waals surface area (Å²) in [5.74, 6) is -0.0323. The second-order valence-electron chi connectivity index (χ2n) is 4.88. The first-order chi connectivity index (χ1) is 10.2. The molecule has 4 nitrogen and oxygen atoms in total. The molecule has 1 heterocycles. The standard InChI is InChI=1S/C17H15NO3/c1-21-14-4-2-3-11(7-14)12-5-6-16-15(8-12)13(10-18-16)9-17(19)20/h2-8,10,18H,9H2,1H3,(H,19,20). The Hall–Kier alpha value is -2.75. The summed E-state index contributed by atoms with van der Waals surface area (Å²) in [6, 6.07) is 13.8. The van der Waals surface area contributed by atoms with Crippen molar-refractivity contribution in [1.82, 2.24) is 4.98 Å². The fraction of sp³-hybridized carbons (Fsp3) is 0.118. The maximum Gasteiger partial charge on any atom is 0.307 e. The Labute approximate surface area is 122 Å². The van der Waals surface area contributed by atoms with E-state index in [1.165, 1.54) is 0 Å². The molecule has 0 unspecified atom stereocenters. The maximum absolute atomic E-state index is 10.9. The van der Waals surface area contributed by atoms with Crippen molar-refractivity contribution >= 4 is 16.9 Å². The van der Waals surface area contributed by atoms with Crippen molar-refractivity contribution in [1.29, 1.82) is 0 Å². The Morgan fingerprint density at radius 1 is 1.19 bits per heavy atom. The number of hydrogen-bond acceptors (Lipinski definition) is 2. The third kappa shape index (κ3) is 2.60. The number of carbonyl (C=O) groups is 1. The van der Waals surface area contributed by atoms with Gasteiger partial charge in [-0.2, -0.15) is 0 Å². The number of nitrogens with one attached hydrogen (secondary N) is 1. The van der Waals surface area contributed by atoms with E-state index < -0.39 is 5.97 Å². The molecular weight excluding hydrogens is 266 g/mol. The second-order valence-corrected chi connectivity index (χ2v) is 4.88. The second kappa shape index (κ2) is 5.32. The first-order valence-electron chi connectivity index (χ1n) is 6.63. The lowest BCUT2D eigenvalue weighted by Gasteiger charge is -2.05. The molecule has 0 aliphatic heterocycles. The molecule has 4 heteroatoms. The van der Waals surface area contributed by atoms with Gasteiger partial charge in [0.05, 0.1) is 13.5 Å². The Balaban J connectivity index is 2.08. The number of benzene rings is 2. The van der Waals surface area contributed by atoms with E-state index in [9.17, 15) is 4.79 Å². The van der Waals surface area contributed by atoms with Gasteiger partial charge in [0.15, 0.2) is 0 Å². The summed E-state index contributed by atoms with van der Waals surface area (Å²) in [6.45, 7) is 0. The van der Waals surface area contributed by atoms with Gasteiger partial charge in [-0.25, -0.2) is 0 Å². The summed E-state index contributed by atoms with van der Waals surface area (Å²) in [5, 5.41) is 9.91. The molecule has 21 heavy (non-hydrogen) atoms. The first kappa shape index (κ1) is 13.2. The van der Waals surface area contributed by atoms with E-state index in [-0.39, 0.29) is 6.42 Å². The molecule has 0 bridgehead atoms. The highest BCUT2D eigenvalue weighted by atomic mass is 16.5. The highest BCUT2D eigenvalue weighted by molar-refractivity contribution is 5.90. The van der Waals surface area contributed by atoms with Crippen molar-refractivity contribution in [3.63, 3.8) is 0 Å². The Bertz CT molecular complexity index is 805. The van der Waals surface area contributed by atoms with Gasteiger partial charge in [0.2, 0.25) is 0 Å². The number of aliphatic carboxylic acids is 1. The average Bonchev–Trinajstić information content (AvgIpc) is 2.89. The van der Waals surface area contributed by atoms with E-state index in [4.69, 9.17) is 9.84 Å². The minimum absolute atomic E-state index is 0.0154. The third-order valence-electron chi connectivity index (χ3n) is 3.51. The normalized spacial score (nSPS) is 10.7. The van der Waals surface area contributed by atoms with Crippen LogP contribution in [-0.2, 0) is 11.2 Å².